The number of β-lactam (4-membered cyclic amide) rings is 1. The molecule has 2 aromatic rings. The van der Waals surface area contributed by atoms with Crippen molar-refractivity contribution in [3.63, 3.8) is 0 Å². The molecule has 1 aromatic carbocycles. The average molecular weight is 484 g/mol. The number of aliphatic hydroxyl groups is 1. The van der Waals surface area contributed by atoms with E-state index in [0.717, 1.165) is 4.90 Å². The van der Waals surface area contributed by atoms with Crippen LogP contribution in [0.4, 0.5) is 0 Å². The maximum atomic E-state index is 12.7. The number of benzene rings is 1. The summed E-state index contributed by atoms with van der Waals surface area (Å²) in [7, 11) is 1.66. The fourth-order valence-corrected chi connectivity index (χ4v) is 5.63. The maximum absolute atomic E-state index is 12.7. The molecule has 0 spiro atoms. The number of thioether (sulfide) groups is 2. The molecule has 32 heavy (non-hydrogen) atoms. The maximum Gasteiger partial charge on any atom is 1.00 e. The molecule has 0 bridgehead atoms. The van der Waals surface area contributed by atoms with E-state index in [1.54, 1.807) is 37.4 Å². The number of hydrogen-bond acceptors (Lipinski definition) is 10. The summed E-state index contributed by atoms with van der Waals surface area (Å²) >= 11 is 2.58. The predicted molar refractivity (Wildman–Crippen MR) is 108 cm³/mol. The summed E-state index contributed by atoms with van der Waals surface area (Å²) in [6.07, 6.45) is -1.43. The predicted octanol–water partition coefficient (Wildman–Crippen LogP) is -4.56. The minimum absolute atomic E-state index is 0. The van der Waals surface area contributed by atoms with Crippen LogP contribution in [-0.4, -0.2) is 70.9 Å². The van der Waals surface area contributed by atoms with Crippen molar-refractivity contribution in [3.8, 4) is 0 Å². The molecule has 14 heteroatoms. The van der Waals surface area contributed by atoms with E-state index in [9.17, 15) is 24.6 Å². The summed E-state index contributed by atoms with van der Waals surface area (Å²) in [5.41, 5.74) is 0.718. The van der Waals surface area contributed by atoms with Crippen molar-refractivity contribution < 1.29 is 54.2 Å². The molecule has 0 radical (unpaired) electrons. The Balaban J connectivity index is 0.00000289. The van der Waals surface area contributed by atoms with Crippen LogP contribution in [-0.2, 0) is 21.4 Å². The zero-order valence-electron chi connectivity index (χ0n) is 17.2. The van der Waals surface area contributed by atoms with Crippen molar-refractivity contribution in [2.75, 3.05) is 11.5 Å². The normalized spacial score (nSPS) is 20.7. The molecule has 2 aliphatic rings. The van der Waals surface area contributed by atoms with Gasteiger partial charge in [0.2, 0.25) is 5.16 Å². The molecular formula is C18H17N6NaO5S2. The molecule has 0 aliphatic carbocycles. The van der Waals surface area contributed by atoms with Gasteiger partial charge in [-0.05, 0) is 21.6 Å². The second-order valence-corrected chi connectivity index (χ2v) is 8.87. The number of amides is 2. The number of fused-ring (bicyclic) bond motifs is 1. The van der Waals surface area contributed by atoms with Crippen molar-refractivity contribution in [2.24, 2.45) is 7.05 Å². The molecule has 2 amide bonds. The molecule has 4 rings (SSSR count). The van der Waals surface area contributed by atoms with Crippen molar-refractivity contribution in [1.82, 2.24) is 30.4 Å². The van der Waals surface area contributed by atoms with Gasteiger partial charge in [0.05, 0.1) is 11.7 Å². The van der Waals surface area contributed by atoms with Gasteiger partial charge in [0.25, 0.3) is 11.8 Å². The number of nitrogens with zero attached hydrogens (tertiary/aromatic N) is 5. The first-order chi connectivity index (χ1) is 14.9. The summed E-state index contributed by atoms with van der Waals surface area (Å²) in [6, 6.07) is 7.40. The van der Waals surface area contributed by atoms with Crippen molar-refractivity contribution >= 4 is 41.3 Å². The van der Waals surface area contributed by atoms with E-state index in [-0.39, 0.29) is 41.0 Å². The molecule has 11 nitrogen and oxygen atoms in total. The average Bonchev–Trinajstić information content (AvgIpc) is 3.19. The van der Waals surface area contributed by atoms with Crippen LogP contribution in [0.25, 0.3) is 0 Å². The van der Waals surface area contributed by atoms with E-state index in [2.05, 4.69) is 20.8 Å². The van der Waals surface area contributed by atoms with Crippen LogP contribution in [0.2, 0.25) is 0 Å². The minimum Gasteiger partial charge on any atom is -0.543 e. The van der Waals surface area contributed by atoms with E-state index in [1.807, 2.05) is 0 Å². The third-order valence-corrected chi connectivity index (χ3v) is 7.30. The zero-order valence-corrected chi connectivity index (χ0v) is 20.8. The van der Waals surface area contributed by atoms with Gasteiger partial charge >= 0.3 is 29.6 Å². The molecule has 2 N–H and O–H groups in total. The zero-order chi connectivity index (χ0) is 22.1. The first kappa shape index (κ1) is 24.7. The number of tetrazole rings is 1. The van der Waals surface area contributed by atoms with Crippen molar-refractivity contribution in [1.29, 1.82) is 0 Å². The number of nitrogens with one attached hydrogen (secondary N) is 1. The Labute approximate surface area is 213 Å². The summed E-state index contributed by atoms with van der Waals surface area (Å²) < 4.78 is 1.46. The molecule has 1 aromatic heterocycles. The third-order valence-electron chi connectivity index (χ3n) is 4.86. The number of rotatable bonds is 7. The van der Waals surface area contributed by atoms with Gasteiger partial charge in [0.15, 0.2) is 6.10 Å². The monoisotopic (exact) mass is 484 g/mol. The van der Waals surface area contributed by atoms with Crippen molar-refractivity contribution in [2.45, 2.75) is 22.7 Å². The van der Waals surface area contributed by atoms with Crippen LogP contribution in [0.5, 0.6) is 0 Å². The molecule has 1 unspecified atom stereocenters. The molecule has 2 aliphatic heterocycles. The Kier molecular flexibility index (Phi) is 8.01. The molecule has 3 atom stereocenters. The van der Waals surface area contributed by atoms with Gasteiger partial charge in [-0.2, -0.15) is 0 Å². The summed E-state index contributed by atoms with van der Waals surface area (Å²) in [5, 5.41) is 35.6. The van der Waals surface area contributed by atoms with Gasteiger partial charge in [0.1, 0.15) is 11.4 Å². The Morgan fingerprint density at radius 2 is 2.09 bits per heavy atom. The Morgan fingerprint density at radius 1 is 1.38 bits per heavy atom. The van der Waals surface area contributed by atoms with Crippen LogP contribution >= 0.6 is 23.5 Å². The van der Waals surface area contributed by atoms with Crippen LogP contribution < -0.4 is 40.0 Å². The minimum atomic E-state index is -1.46. The molecule has 1 saturated heterocycles. The van der Waals surface area contributed by atoms with Crippen LogP contribution in [0.1, 0.15) is 11.7 Å². The van der Waals surface area contributed by atoms with Gasteiger partial charge in [-0.15, -0.1) is 16.9 Å². The fourth-order valence-electron chi connectivity index (χ4n) is 3.30. The number of aliphatic hydroxyl groups excluding tert-OH is 1. The second kappa shape index (κ2) is 10.4. The van der Waals surface area contributed by atoms with Gasteiger partial charge in [-0.25, -0.2) is 4.68 Å². The standard InChI is InChI=1S/C18H18N6O5S2.Na/c1-23-18(20-21-22-23)31-8-10-7-30-16-11(15(27)24(16)12(10)17(28)29)19-14(26)13(25)9-5-3-2-4-6-9;/h2-6,11,13,16,25H,7-8H2,1H3,(H,19,26)(H,28,29);/q;+1/p-1/t11-,13+,16?;/m0./s1. The van der Waals surface area contributed by atoms with Crippen LogP contribution in [0.15, 0.2) is 46.8 Å². The van der Waals surface area contributed by atoms with E-state index < -0.39 is 35.3 Å². The fraction of sp³-hybridized carbons (Fsp3) is 0.333. The summed E-state index contributed by atoms with van der Waals surface area (Å²) in [4.78, 5) is 38.0. The Morgan fingerprint density at radius 3 is 2.72 bits per heavy atom. The SMILES string of the molecule is Cn1nnnc1SCC1=C(C(=O)[O-])N2C(=O)[C@H](NC(=O)[C@H](O)c3ccccc3)C2SC1.[Na+]. The molecule has 162 valence electrons. The molecule has 0 saturated carbocycles. The Hall–Kier alpha value is -1.90. The van der Waals surface area contributed by atoms with E-state index in [0.29, 0.717) is 22.0 Å². The number of aryl methyl sites for hydroxylation is 1. The van der Waals surface area contributed by atoms with Gasteiger partial charge in [-0.1, -0.05) is 42.1 Å². The summed E-state index contributed by atoms with van der Waals surface area (Å²) in [5.74, 6) is -2.14. The quantitative estimate of drug-likeness (QED) is 0.223. The summed E-state index contributed by atoms with van der Waals surface area (Å²) in [6.45, 7) is 0. The van der Waals surface area contributed by atoms with Gasteiger partial charge in [-0.3, -0.25) is 14.5 Å². The van der Waals surface area contributed by atoms with E-state index >= 15 is 0 Å². The van der Waals surface area contributed by atoms with Crippen LogP contribution in [0, 0.1) is 0 Å². The third kappa shape index (κ3) is 4.72. The number of carbonyl (C=O) groups excluding carboxylic acids is 3. The second-order valence-electron chi connectivity index (χ2n) is 6.82. The molecule has 3 heterocycles. The number of aromatic nitrogens is 4. The smallest absolute Gasteiger partial charge is 0.543 e. The van der Waals surface area contributed by atoms with Gasteiger partial charge in [0, 0.05) is 18.6 Å². The Bertz CT molecular complexity index is 1070. The number of carboxylic acid groups (broad SMARTS) is 1. The van der Waals surface area contributed by atoms with E-state index in [4.69, 9.17) is 0 Å². The first-order valence-electron chi connectivity index (χ1n) is 9.15. The number of carbonyl (C=O) groups is 3. The largest absolute Gasteiger partial charge is 1.00 e. The topological polar surface area (TPSA) is 153 Å². The van der Waals surface area contributed by atoms with E-state index in [1.165, 1.54) is 28.2 Å². The van der Waals surface area contributed by atoms with Crippen LogP contribution in [0.3, 0.4) is 0 Å². The number of carboxylic acids is 1. The van der Waals surface area contributed by atoms with Gasteiger partial charge < -0.3 is 20.3 Å². The first-order valence-corrected chi connectivity index (χ1v) is 11.2. The molecular weight excluding hydrogens is 467 g/mol. The molecule has 1 fully saturated rings. The van der Waals surface area contributed by atoms with Crippen molar-refractivity contribution in [3.05, 3.63) is 47.2 Å². The number of aliphatic carboxylic acids is 1. The number of hydrogen-bond donors (Lipinski definition) is 2.